The van der Waals surface area contributed by atoms with Gasteiger partial charge in [-0.25, -0.2) is 9.07 Å². The second-order valence-electron chi connectivity index (χ2n) is 9.19. The number of piperidine rings is 1. The zero-order valence-electron chi connectivity index (χ0n) is 19.7. The lowest BCUT2D eigenvalue weighted by molar-refractivity contribution is -0.149. The summed E-state index contributed by atoms with van der Waals surface area (Å²) in [6, 6.07) is 6.28. The van der Waals surface area contributed by atoms with Crippen molar-refractivity contribution >= 4 is 11.9 Å². The molecule has 0 N–H and O–H groups in total. The number of amides is 1. The average Bonchev–Trinajstić information content (AvgIpc) is 3.12. The van der Waals surface area contributed by atoms with Crippen LogP contribution >= 0.6 is 0 Å². The molecule has 0 saturated carbocycles. The van der Waals surface area contributed by atoms with E-state index in [1.54, 1.807) is 28.6 Å². The molecule has 1 amide bonds. The molecule has 1 atom stereocenters. The number of ether oxygens (including phenoxy) is 1. The summed E-state index contributed by atoms with van der Waals surface area (Å²) < 4.78 is 20.9. The third-order valence-corrected chi connectivity index (χ3v) is 5.74. The Morgan fingerprint density at radius 3 is 2.62 bits per heavy atom. The standard InChI is InChI=1S/C25H34FN3O3/c1-6-32-25(31)18-9-8-12-28(15-18)24(30)22-21(13-16(2)3)27-29(23(22)17(4)5)20-11-7-10-19(26)14-20/h7,10-11,14,16-18H,6,8-9,12-13,15H2,1-5H3. The van der Waals surface area contributed by atoms with Crippen molar-refractivity contribution in [2.75, 3.05) is 19.7 Å². The molecular weight excluding hydrogens is 409 g/mol. The Morgan fingerprint density at radius 2 is 2.00 bits per heavy atom. The van der Waals surface area contributed by atoms with Gasteiger partial charge in [0.1, 0.15) is 5.82 Å². The number of hydrogen-bond donors (Lipinski definition) is 0. The number of rotatable bonds is 7. The first-order valence-electron chi connectivity index (χ1n) is 11.6. The minimum Gasteiger partial charge on any atom is -0.466 e. The number of carbonyl (C=O) groups is 2. The summed E-state index contributed by atoms with van der Waals surface area (Å²) in [5.74, 6) is -0.712. The maximum Gasteiger partial charge on any atom is 0.310 e. The first kappa shape index (κ1) is 24.0. The summed E-state index contributed by atoms with van der Waals surface area (Å²) in [7, 11) is 0. The predicted octanol–water partition coefficient (Wildman–Crippen LogP) is 4.75. The lowest BCUT2D eigenvalue weighted by Gasteiger charge is -2.32. The van der Waals surface area contributed by atoms with Crippen LogP contribution in [0, 0.1) is 17.7 Å². The van der Waals surface area contributed by atoms with Crippen LogP contribution in [0.25, 0.3) is 5.69 Å². The highest BCUT2D eigenvalue weighted by atomic mass is 19.1. The number of hydrogen-bond acceptors (Lipinski definition) is 4. The summed E-state index contributed by atoms with van der Waals surface area (Å²) in [4.78, 5) is 27.9. The zero-order chi connectivity index (χ0) is 23.4. The van der Waals surface area contributed by atoms with Crippen molar-refractivity contribution < 1.29 is 18.7 Å². The normalized spacial score (nSPS) is 16.6. The van der Waals surface area contributed by atoms with Crippen LogP contribution in [0.4, 0.5) is 4.39 Å². The van der Waals surface area contributed by atoms with Gasteiger partial charge in [0.2, 0.25) is 0 Å². The van der Waals surface area contributed by atoms with Gasteiger partial charge in [-0.1, -0.05) is 33.8 Å². The molecule has 1 aliphatic heterocycles. The molecule has 6 nitrogen and oxygen atoms in total. The Morgan fingerprint density at radius 1 is 1.25 bits per heavy atom. The van der Waals surface area contributed by atoms with Gasteiger partial charge in [0.05, 0.1) is 35.2 Å². The van der Waals surface area contributed by atoms with Gasteiger partial charge in [-0.2, -0.15) is 5.10 Å². The smallest absolute Gasteiger partial charge is 0.310 e. The summed E-state index contributed by atoms with van der Waals surface area (Å²) in [6.45, 7) is 11.3. The van der Waals surface area contributed by atoms with Gasteiger partial charge in [0.25, 0.3) is 5.91 Å². The van der Waals surface area contributed by atoms with Crippen molar-refractivity contribution in [1.29, 1.82) is 0 Å². The van der Waals surface area contributed by atoms with Gasteiger partial charge in [-0.15, -0.1) is 0 Å². The molecule has 1 saturated heterocycles. The Hall–Kier alpha value is -2.70. The zero-order valence-corrected chi connectivity index (χ0v) is 19.7. The molecular formula is C25H34FN3O3. The van der Waals surface area contributed by atoms with Crippen LogP contribution in [0.1, 0.15) is 75.1 Å². The molecule has 0 radical (unpaired) electrons. The second kappa shape index (κ2) is 10.3. The Bertz CT molecular complexity index is 967. The number of nitrogens with zero attached hydrogens (tertiary/aromatic N) is 3. The highest BCUT2D eigenvalue weighted by Crippen LogP contribution is 2.30. The molecule has 174 valence electrons. The van der Waals surface area contributed by atoms with E-state index < -0.39 is 0 Å². The minimum absolute atomic E-state index is 0.00345. The molecule has 0 aliphatic carbocycles. The lowest BCUT2D eigenvalue weighted by Crippen LogP contribution is -2.43. The second-order valence-corrected chi connectivity index (χ2v) is 9.19. The van der Waals surface area contributed by atoms with E-state index in [0.29, 0.717) is 43.3 Å². The molecule has 3 rings (SSSR count). The highest BCUT2D eigenvalue weighted by Gasteiger charge is 2.34. The molecule has 0 bridgehead atoms. The van der Waals surface area contributed by atoms with Crippen molar-refractivity contribution in [2.24, 2.45) is 11.8 Å². The van der Waals surface area contributed by atoms with Crippen molar-refractivity contribution in [1.82, 2.24) is 14.7 Å². The third kappa shape index (κ3) is 5.19. The SMILES string of the molecule is CCOC(=O)C1CCCN(C(=O)c2c(CC(C)C)nn(-c3cccc(F)c3)c2C(C)C)C1. The quantitative estimate of drug-likeness (QED) is 0.580. The first-order valence-corrected chi connectivity index (χ1v) is 11.6. The van der Waals surface area contributed by atoms with Crippen LogP contribution in [0.2, 0.25) is 0 Å². The summed E-state index contributed by atoms with van der Waals surface area (Å²) in [5, 5.41) is 4.79. The van der Waals surface area contributed by atoms with E-state index in [9.17, 15) is 14.0 Å². The van der Waals surface area contributed by atoms with Crippen molar-refractivity contribution in [2.45, 2.75) is 59.8 Å². The Balaban J connectivity index is 2.05. The Labute approximate surface area is 189 Å². The predicted molar refractivity (Wildman–Crippen MR) is 121 cm³/mol. The molecule has 1 aromatic heterocycles. The molecule has 1 fully saturated rings. The van der Waals surface area contributed by atoms with Crippen molar-refractivity contribution in [3.8, 4) is 5.69 Å². The van der Waals surface area contributed by atoms with Crippen molar-refractivity contribution in [3.63, 3.8) is 0 Å². The number of likely N-dealkylation sites (tertiary alicyclic amines) is 1. The molecule has 2 aromatic rings. The highest BCUT2D eigenvalue weighted by molar-refractivity contribution is 5.97. The number of carbonyl (C=O) groups excluding carboxylic acids is 2. The van der Waals surface area contributed by atoms with Gasteiger partial charge in [-0.05, 0) is 56.2 Å². The average molecular weight is 444 g/mol. The summed E-state index contributed by atoms with van der Waals surface area (Å²) in [6.07, 6.45) is 2.11. The molecule has 2 heterocycles. The van der Waals surface area contributed by atoms with Crippen LogP contribution in [-0.4, -0.2) is 46.3 Å². The number of esters is 1. The fourth-order valence-electron chi connectivity index (χ4n) is 4.35. The minimum atomic E-state index is -0.348. The van der Waals surface area contributed by atoms with E-state index in [4.69, 9.17) is 9.84 Å². The van der Waals surface area contributed by atoms with Gasteiger partial charge >= 0.3 is 5.97 Å². The summed E-state index contributed by atoms with van der Waals surface area (Å²) >= 11 is 0. The van der Waals surface area contributed by atoms with Crippen LogP contribution in [0.3, 0.4) is 0 Å². The molecule has 1 aliphatic rings. The van der Waals surface area contributed by atoms with E-state index in [1.165, 1.54) is 12.1 Å². The molecule has 32 heavy (non-hydrogen) atoms. The number of aromatic nitrogens is 2. The van der Waals surface area contributed by atoms with E-state index in [-0.39, 0.29) is 29.5 Å². The third-order valence-electron chi connectivity index (χ3n) is 5.74. The lowest BCUT2D eigenvalue weighted by atomic mass is 9.94. The fraction of sp³-hybridized carbons (Fsp3) is 0.560. The van der Waals surface area contributed by atoms with Gasteiger partial charge in [0, 0.05) is 13.1 Å². The van der Waals surface area contributed by atoms with E-state index >= 15 is 0 Å². The largest absolute Gasteiger partial charge is 0.466 e. The Kier molecular flexibility index (Phi) is 7.69. The van der Waals surface area contributed by atoms with E-state index in [2.05, 4.69) is 13.8 Å². The van der Waals surface area contributed by atoms with Crippen LogP contribution in [0.5, 0.6) is 0 Å². The van der Waals surface area contributed by atoms with Gasteiger partial charge < -0.3 is 9.64 Å². The van der Waals surface area contributed by atoms with Crippen LogP contribution in [-0.2, 0) is 16.0 Å². The first-order chi connectivity index (χ1) is 15.2. The molecule has 0 spiro atoms. The van der Waals surface area contributed by atoms with E-state index in [1.807, 2.05) is 13.8 Å². The van der Waals surface area contributed by atoms with E-state index in [0.717, 1.165) is 24.2 Å². The number of halogens is 1. The number of benzene rings is 1. The topological polar surface area (TPSA) is 64.4 Å². The molecule has 1 aromatic carbocycles. The molecule has 1 unspecified atom stereocenters. The molecule has 7 heteroatoms. The van der Waals surface area contributed by atoms with Gasteiger partial charge in [0.15, 0.2) is 0 Å². The monoisotopic (exact) mass is 443 g/mol. The van der Waals surface area contributed by atoms with Crippen LogP contribution < -0.4 is 0 Å². The maximum atomic E-state index is 14.0. The van der Waals surface area contributed by atoms with Crippen LogP contribution in [0.15, 0.2) is 24.3 Å². The fourth-order valence-corrected chi connectivity index (χ4v) is 4.35. The summed E-state index contributed by atoms with van der Waals surface area (Å²) in [5.41, 5.74) is 2.67. The van der Waals surface area contributed by atoms with Crippen molar-refractivity contribution in [3.05, 3.63) is 47.0 Å². The van der Waals surface area contributed by atoms with Gasteiger partial charge in [-0.3, -0.25) is 9.59 Å². The maximum absolute atomic E-state index is 14.0.